The van der Waals surface area contributed by atoms with Crippen molar-refractivity contribution in [3.05, 3.63) is 11.9 Å². The molecule has 1 aliphatic rings. The molecule has 2 rings (SSSR count). The molecule has 0 bridgehead atoms. The Bertz CT molecular complexity index is 722. The molecule has 1 N–H and O–H groups in total. The summed E-state index contributed by atoms with van der Waals surface area (Å²) in [5.41, 5.74) is 0.500. The van der Waals surface area contributed by atoms with Crippen molar-refractivity contribution in [1.29, 1.82) is 0 Å². The van der Waals surface area contributed by atoms with Crippen LogP contribution < -0.4 is 0 Å². The topological polar surface area (TPSA) is 103 Å². The van der Waals surface area contributed by atoms with Gasteiger partial charge in [-0.1, -0.05) is 13.8 Å². The number of hydrogen-bond acceptors (Lipinski definition) is 5. The van der Waals surface area contributed by atoms with E-state index in [0.717, 1.165) is 6.26 Å². The normalized spacial score (nSPS) is 20.8. The Balaban J connectivity index is 2.23. The van der Waals surface area contributed by atoms with E-state index >= 15 is 0 Å². The summed E-state index contributed by atoms with van der Waals surface area (Å²) in [5, 5.41) is 6.52. The summed E-state index contributed by atoms with van der Waals surface area (Å²) < 4.78 is 51.3. The van der Waals surface area contributed by atoms with E-state index in [2.05, 4.69) is 10.2 Å². The van der Waals surface area contributed by atoms with Gasteiger partial charge in [-0.15, -0.1) is 0 Å². The Morgan fingerprint density at radius 1 is 1.32 bits per heavy atom. The van der Waals surface area contributed by atoms with Crippen molar-refractivity contribution < 1.29 is 16.8 Å². The van der Waals surface area contributed by atoms with Crippen LogP contribution in [0.15, 0.2) is 11.1 Å². The fourth-order valence-electron chi connectivity index (χ4n) is 2.76. The zero-order valence-electron chi connectivity index (χ0n) is 13.0. The molecule has 0 aromatic carbocycles. The van der Waals surface area contributed by atoms with Crippen molar-refractivity contribution in [2.45, 2.75) is 31.1 Å². The molecule has 1 aromatic rings. The molecular weight excluding hydrogens is 328 g/mol. The van der Waals surface area contributed by atoms with Crippen LogP contribution in [0.25, 0.3) is 0 Å². The second-order valence-electron chi connectivity index (χ2n) is 5.36. The van der Waals surface area contributed by atoms with Crippen LogP contribution in [0.1, 0.15) is 31.9 Å². The fourth-order valence-corrected chi connectivity index (χ4v) is 5.30. The molecule has 0 radical (unpaired) electrons. The highest BCUT2D eigenvalue weighted by molar-refractivity contribution is 7.90. The zero-order chi connectivity index (χ0) is 16.5. The number of aromatic nitrogens is 2. The first kappa shape index (κ1) is 17.4. The van der Waals surface area contributed by atoms with Gasteiger partial charge in [0.25, 0.3) is 10.2 Å². The van der Waals surface area contributed by atoms with E-state index in [1.165, 1.54) is 14.8 Å². The fraction of sp³-hybridized carbons (Fsp3) is 0.750. The number of H-pyrrole nitrogens is 1. The molecule has 1 saturated heterocycles. The second kappa shape index (κ2) is 6.26. The summed E-state index contributed by atoms with van der Waals surface area (Å²) in [6.45, 7) is 5.07. The van der Waals surface area contributed by atoms with Gasteiger partial charge >= 0.3 is 0 Å². The molecule has 22 heavy (non-hydrogen) atoms. The predicted molar refractivity (Wildman–Crippen MR) is 82.5 cm³/mol. The standard InChI is InChI=1S/C12H22N4O4S2/c1-4-15(5-2)22(19,20)16-7-6-10(9-16)12-11(8-13-14-12)21(3,17)18/h8,10H,4-7,9H2,1-3H3,(H,13,14)/t10-/m1/s1. The van der Waals surface area contributed by atoms with Crippen molar-refractivity contribution >= 4 is 20.0 Å². The van der Waals surface area contributed by atoms with Gasteiger partial charge in [0.05, 0.1) is 11.9 Å². The van der Waals surface area contributed by atoms with Crippen molar-refractivity contribution in [3.63, 3.8) is 0 Å². The lowest BCUT2D eigenvalue weighted by Crippen LogP contribution is -2.42. The highest BCUT2D eigenvalue weighted by Crippen LogP contribution is 2.32. The number of nitrogens with zero attached hydrogens (tertiary/aromatic N) is 3. The number of sulfone groups is 1. The number of aromatic amines is 1. The van der Waals surface area contributed by atoms with Crippen LogP contribution in [0.2, 0.25) is 0 Å². The Hall–Kier alpha value is -0.970. The molecule has 2 heterocycles. The van der Waals surface area contributed by atoms with Gasteiger partial charge in [-0.05, 0) is 6.42 Å². The minimum Gasteiger partial charge on any atom is -0.281 e. The first-order valence-electron chi connectivity index (χ1n) is 7.20. The summed E-state index contributed by atoms with van der Waals surface area (Å²) in [6.07, 6.45) is 2.98. The largest absolute Gasteiger partial charge is 0.281 e. The summed E-state index contributed by atoms with van der Waals surface area (Å²) in [4.78, 5) is 0.152. The molecule has 1 aliphatic heterocycles. The Morgan fingerprint density at radius 3 is 2.50 bits per heavy atom. The lowest BCUT2D eigenvalue weighted by Gasteiger charge is -2.25. The third kappa shape index (κ3) is 3.19. The summed E-state index contributed by atoms with van der Waals surface area (Å²) in [5.74, 6) is -0.183. The monoisotopic (exact) mass is 350 g/mol. The average molecular weight is 350 g/mol. The molecule has 1 aromatic heterocycles. The summed E-state index contributed by atoms with van der Waals surface area (Å²) in [6, 6.07) is 0. The molecule has 8 nitrogen and oxygen atoms in total. The molecular formula is C12H22N4O4S2. The van der Waals surface area contributed by atoms with Crippen molar-refractivity contribution in [3.8, 4) is 0 Å². The lowest BCUT2D eigenvalue weighted by molar-refractivity contribution is 0.377. The van der Waals surface area contributed by atoms with Gasteiger partial charge in [0.1, 0.15) is 4.90 Å². The molecule has 0 saturated carbocycles. The Labute approximate surface area is 131 Å². The van der Waals surface area contributed by atoms with Crippen LogP contribution in [0, 0.1) is 0 Å². The van der Waals surface area contributed by atoms with Crippen molar-refractivity contribution in [2.75, 3.05) is 32.4 Å². The third-order valence-corrected chi connectivity index (χ3v) is 7.23. The van der Waals surface area contributed by atoms with Crippen LogP contribution >= 0.6 is 0 Å². The van der Waals surface area contributed by atoms with Crippen LogP contribution in [0.5, 0.6) is 0 Å². The van der Waals surface area contributed by atoms with E-state index in [1.54, 1.807) is 13.8 Å². The van der Waals surface area contributed by atoms with Crippen LogP contribution in [-0.2, 0) is 20.0 Å². The van der Waals surface area contributed by atoms with Gasteiger partial charge in [-0.25, -0.2) is 8.42 Å². The average Bonchev–Trinajstić information content (AvgIpc) is 3.08. The number of rotatable bonds is 6. The van der Waals surface area contributed by atoms with E-state index in [1.807, 2.05) is 0 Å². The second-order valence-corrected chi connectivity index (χ2v) is 9.27. The Kier molecular flexibility index (Phi) is 4.95. The van der Waals surface area contributed by atoms with Crippen molar-refractivity contribution in [1.82, 2.24) is 18.8 Å². The van der Waals surface area contributed by atoms with Gasteiger partial charge in [0.15, 0.2) is 9.84 Å². The summed E-state index contributed by atoms with van der Waals surface area (Å²) in [7, 11) is -6.87. The molecule has 0 aliphatic carbocycles. The van der Waals surface area contributed by atoms with Gasteiger partial charge in [0, 0.05) is 38.4 Å². The quantitative estimate of drug-likeness (QED) is 0.789. The van der Waals surface area contributed by atoms with E-state index in [0.29, 0.717) is 31.7 Å². The maximum atomic E-state index is 12.5. The van der Waals surface area contributed by atoms with Crippen LogP contribution in [0.3, 0.4) is 0 Å². The van der Waals surface area contributed by atoms with Gasteiger partial charge < -0.3 is 0 Å². The number of nitrogens with one attached hydrogen (secondary N) is 1. The smallest absolute Gasteiger partial charge is 0.281 e. The molecule has 1 fully saturated rings. The molecule has 126 valence electrons. The lowest BCUT2D eigenvalue weighted by atomic mass is 10.1. The maximum absolute atomic E-state index is 12.5. The van der Waals surface area contributed by atoms with E-state index in [9.17, 15) is 16.8 Å². The predicted octanol–water partition coefficient (Wildman–Crippen LogP) is 0.189. The minimum atomic E-state index is -3.49. The van der Waals surface area contributed by atoms with Crippen LogP contribution in [0.4, 0.5) is 0 Å². The zero-order valence-corrected chi connectivity index (χ0v) is 14.6. The highest BCUT2D eigenvalue weighted by atomic mass is 32.2. The molecule has 10 heteroatoms. The van der Waals surface area contributed by atoms with E-state index in [4.69, 9.17) is 0 Å². The SMILES string of the molecule is CCN(CC)S(=O)(=O)N1CC[C@@H](c2[nH]ncc2S(C)(=O)=O)C1. The van der Waals surface area contributed by atoms with Gasteiger partial charge in [-0.2, -0.15) is 22.1 Å². The third-order valence-electron chi connectivity index (χ3n) is 3.95. The molecule has 0 spiro atoms. The van der Waals surface area contributed by atoms with Gasteiger partial charge in [-0.3, -0.25) is 5.10 Å². The van der Waals surface area contributed by atoms with Crippen molar-refractivity contribution in [2.24, 2.45) is 0 Å². The molecule has 1 atom stereocenters. The number of hydrogen-bond donors (Lipinski definition) is 1. The van der Waals surface area contributed by atoms with Gasteiger partial charge in [0.2, 0.25) is 0 Å². The highest BCUT2D eigenvalue weighted by Gasteiger charge is 2.37. The van der Waals surface area contributed by atoms with E-state index in [-0.39, 0.29) is 17.4 Å². The minimum absolute atomic E-state index is 0.152. The first-order valence-corrected chi connectivity index (χ1v) is 10.5. The Morgan fingerprint density at radius 2 is 1.95 bits per heavy atom. The first-order chi connectivity index (χ1) is 10.2. The van der Waals surface area contributed by atoms with Crippen LogP contribution in [-0.4, -0.2) is 68.1 Å². The maximum Gasteiger partial charge on any atom is 0.281 e. The summed E-state index contributed by atoms with van der Waals surface area (Å²) >= 11 is 0. The van der Waals surface area contributed by atoms with E-state index < -0.39 is 20.0 Å². The molecule has 0 unspecified atom stereocenters. The molecule has 0 amide bonds.